The summed E-state index contributed by atoms with van der Waals surface area (Å²) in [6, 6.07) is 7.15. The molecule has 1 aromatic rings. The minimum atomic E-state index is -0.383. The number of nitro groups is 1. The molecule has 1 saturated heterocycles. The maximum absolute atomic E-state index is 10.7. The first-order valence-electron chi connectivity index (χ1n) is 6.47. The summed E-state index contributed by atoms with van der Waals surface area (Å²) in [5.74, 6) is 0. The standard InChI is InChI=1S/C13H19N3O3/c1-10(7-12-9-19-6-5-14-12)15-11-3-2-4-13(8-11)16(17)18/h2-4,8,10,12,14-15H,5-7,9H2,1H3. The predicted molar refractivity (Wildman–Crippen MR) is 73.4 cm³/mol. The molecule has 19 heavy (non-hydrogen) atoms. The second kappa shape index (κ2) is 6.49. The van der Waals surface area contributed by atoms with E-state index in [0.29, 0.717) is 6.04 Å². The Morgan fingerprint density at radius 2 is 2.47 bits per heavy atom. The molecule has 0 saturated carbocycles. The Labute approximate surface area is 112 Å². The van der Waals surface area contributed by atoms with Gasteiger partial charge in [0.15, 0.2) is 0 Å². The molecule has 0 radical (unpaired) electrons. The third-order valence-corrected chi connectivity index (χ3v) is 3.11. The Morgan fingerprint density at radius 1 is 1.63 bits per heavy atom. The number of nitro benzene ring substituents is 1. The van der Waals surface area contributed by atoms with Crippen molar-refractivity contribution in [2.45, 2.75) is 25.4 Å². The SMILES string of the molecule is CC(CC1COCCN1)Nc1cccc([N+](=O)[O-])c1. The van der Waals surface area contributed by atoms with Gasteiger partial charge in [-0.1, -0.05) is 6.07 Å². The summed E-state index contributed by atoms with van der Waals surface area (Å²) in [4.78, 5) is 10.3. The van der Waals surface area contributed by atoms with E-state index >= 15 is 0 Å². The minimum Gasteiger partial charge on any atom is -0.382 e. The zero-order valence-electron chi connectivity index (χ0n) is 11.0. The summed E-state index contributed by atoms with van der Waals surface area (Å²) < 4.78 is 5.40. The summed E-state index contributed by atoms with van der Waals surface area (Å²) in [6.45, 7) is 4.44. The molecular weight excluding hydrogens is 246 g/mol. The van der Waals surface area contributed by atoms with E-state index in [9.17, 15) is 10.1 Å². The van der Waals surface area contributed by atoms with Gasteiger partial charge in [0.25, 0.3) is 5.69 Å². The van der Waals surface area contributed by atoms with E-state index in [1.165, 1.54) is 6.07 Å². The van der Waals surface area contributed by atoms with Crippen molar-refractivity contribution in [2.24, 2.45) is 0 Å². The molecule has 104 valence electrons. The van der Waals surface area contributed by atoms with Crippen LogP contribution in [-0.2, 0) is 4.74 Å². The molecule has 2 N–H and O–H groups in total. The number of hydrogen-bond donors (Lipinski definition) is 2. The van der Waals surface area contributed by atoms with Crippen LogP contribution < -0.4 is 10.6 Å². The zero-order valence-corrected chi connectivity index (χ0v) is 11.0. The highest BCUT2D eigenvalue weighted by Crippen LogP contribution is 2.18. The van der Waals surface area contributed by atoms with Crippen LogP contribution in [0.25, 0.3) is 0 Å². The van der Waals surface area contributed by atoms with E-state index in [4.69, 9.17) is 4.74 Å². The predicted octanol–water partition coefficient (Wildman–Crippen LogP) is 1.77. The van der Waals surface area contributed by atoms with Crippen LogP contribution in [0.2, 0.25) is 0 Å². The van der Waals surface area contributed by atoms with Gasteiger partial charge in [-0.25, -0.2) is 0 Å². The largest absolute Gasteiger partial charge is 0.382 e. The maximum Gasteiger partial charge on any atom is 0.271 e. The van der Waals surface area contributed by atoms with Crippen molar-refractivity contribution in [1.82, 2.24) is 5.32 Å². The normalized spacial score (nSPS) is 20.8. The number of nitrogens with zero attached hydrogens (tertiary/aromatic N) is 1. The Kier molecular flexibility index (Phi) is 4.70. The number of nitrogens with one attached hydrogen (secondary N) is 2. The average Bonchev–Trinajstić information content (AvgIpc) is 2.40. The van der Waals surface area contributed by atoms with Crippen molar-refractivity contribution in [3.8, 4) is 0 Å². The van der Waals surface area contributed by atoms with Gasteiger partial charge in [0.1, 0.15) is 0 Å². The van der Waals surface area contributed by atoms with Crippen LogP contribution in [0.1, 0.15) is 13.3 Å². The quantitative estimate of drug-likeness (QED) is 0.627. The molecule has 0 aliphatic carbocycles. The third-order valence-electron chi connectivity index (χ3n) is 3.11. The van der Waals surface area contributed by atoms with E-state index in [1.54, 1.807) is 12.1 Å². The lowest BCUT2D eigenvalue weighted by atomic mass is 10.1. The van der Waals surface area contributed by atoms with E-state index in [1.807, 2.05) is 6.07 Å². The van der Waals surface area contributed by atoms with Crippen LogP contribution in [-0.4, -0.2) is 36.8 Å². The molecule has 6 heteroatoms. The highest BCUT2D eigenvalue weighted by atomic mass is 16.6. The monoisotopic (exact) mass is 265 g/mol. The molecule has 1 fully saturated rings. The number of ether oxygens (including phenoxy) is 1. The van der Waals surface area contributed by atoms with Gasteiger partial charge < -0.3 is 15.4 Å². The van der Waals surface area contributed by atoms with Gasteiger partial charge >= 0.3 is 0 Å². The van der Waals surface area contributed by atoms with Gasteiger partial charge in [-0.05, 0) is 19.4 Å². The number of non-ortho nitro benzene ring substituents is 1. The van der Waals surface area contributed by atoms with E-state index in [-0.39, 0.29) is 16.7 Å². The van der Waals surface area contributed by atoms with Crippen LogP contribution in [0.3, 0.4) is 0 Å². The number of morpholine rings is 1. The van der Waals surface area contributed by atoms with Crippen molar-refractivity contribution in [3.63, 3.8) is 0 Å². The van der Waals surface area contributed by atoms with Gasteiger partial charge in [0.05, 0.1) is 18.1 Å². The molecule has 1 aliphatic heterocycles. The van der Waals surface area contributed by atoms with Crippen LogP contribution in [0.4, 0.5) is 11.4 Å². The fourth-order valence-corrected chi connectivity index (χ4v) is 2.25. The number of benzene rings is 1. The molecule has 0 aromatic heterocycles. The highest BCUT2D eigenvalue weighted by Gasteiger charge is 2.16. The zero-order chi connectivity index (χ0) is 13.7. The van der Waals surface area contributed by atoms with E-state index in [2.05, 4.69) is 17.6 Å². The number of anilines is 1. The van der Waals surface area contributed by atoms with E-state index in [0.717, 1.165) is 31.9 Å². The van der Waals surface area contributed by atoms with E-state index < -0.39 is 0 Å². The lowest BCUT2D eigenvalue weighted by Gasteiger charge is -2.27. The second-order valence-electron chi connectivity index (χ2n) is 4.81. The summed E-state index contributed by atoms with van der Waals surface area (Å²) >= 11 is 0. The molecule has 0 bridgehead atoms. The average molecular weight is 265 g/mol. The second-order valence-corrected chi connectivity index (χ2v) is 4.81. The smallest absolute Gasteiger partial charge is 0.271 e. The third kappa shape index (κ3) is 4.18. The first-order valence-corrected chi connectivity index (χ1v) is 6.47. The Morgan fingerprint density at radius 3 is 3.16 bits per heavy atom. The van der Waals surface area contributed by atoms with Crippen molar-refractivity contribution in [1.29, 1.82) is 0 Å². The summed E-state index contributed by atoms with van der Waals surface area (Å²) in [5.41, 5.74) is 0.884. The molecule has 2 atom stereocenters. The lowest BCUT2D eigenvalue weighted by molar-refractivity contribution is -0.384. The van der Waals surface area contributed by atoms with Crippen LogP contribution in [0.5, 0.6) is 0 Å². The summed E-state index contributed by atoms with van der Waals surface area (Å²) in [6.07, 6.45) is 0.919. The van der Waals surface area contributed by atoms with Crippen LogP contribution in [0, 0.1) is 10.1 Å². The number of hydrogen-bond acceptors (Lipinski definition) is 5. The Bertz CT molecular complexity index is 433. The van der Waals surface area contributed by atoms with Gasteiger partial charge in [-0.3, -0.25) is 10.1 Å². The van der Waals surface area contributed by atoms with Gasteiger partial charge in [0.2, 0.25) is 0 Å². The molecule has 1 heterocycles. The fraction of sp³-hybridized carbons (Fsp3) is 0.538. The maximum atomic E-state index is 10.7. The fourth-order valence-electron chi connectivity index (χ4n) is 2.25. The van der Waals surface area contributed by atoms with Crippen molar-refractivity contribution < 1.29 is 9.66 Å². The van der Waals surface area contributed by atoms with Crippen LogP contribution >= 0.6 is 0 Å². The molecule has 1 aliphatic rings. The molecule has 0 spiro atoms. The molecule has 6 nitrogen and oxygen atoms in total. The van der Waals surface area contributed by atoms with Crippen molar-refractivity contribution in [3.05, 3.63) is 34.4 Å². The van der Waals surface area contributed by atoms with Crippen LogP contribution in [0.15, 0.2) is 24.3 Å². The molecule has 1 aromatic carbocycles. The van der Waals surface area contributed by atoms with Crippen molar-refractivity contribution >= 4 is 11.4 Å². The Hall–Kier alpha value is -1.66. The Balaban J connectivity index is 1.88. The first-order chi connectivity index (χ1) is 9.15. The van der Waals surface area contributed by atoms with Gasteiger partial charge in [-0.15, -0.1) is 0 Å². The first kappa shape index (κ1) is 13.8. The lowest BCUT2D eigenvalue weighted by Crippen LogP contribution is -2.43. The molecule has 2 rings (SSSR count). The van der Waals surface area contributed by atoms with Gasteiger partial charge in [-0.2, -0.15) is 0 Å². The minimum absolute atomic E-state index is 0.108. The van der Waals surface area contributed by atoms with Gasteiger partial charge in [0, 0.05) is 36.4 Å². The highest BCUT2D eigenvalue weighted by molar-refractivity contribution is 5.51. The molecule has 2 unspecified atom stereocenters. The topological polar surface area (TPSA) is 76.4 Å². The summed E-state index contributed by atoms with van der Waals surface area (Å²) in [5, 5.41) is 17.4. The number of rotatable bonds is 5. The summed E-state index contributed by atoms with van der Waals surface area (Å²) in [7, 11) is 0. The van der Waals surface area contributed by atoms with Crippen molar-refractivity contribution in [2.75, 3.05) is 25.1 Å². The molecular formula is C13H19N3O3. The molecule has 0 amide bonds.